The van der Waals surface area contributed by atoms with E-state index in [1.165, 1.54) is 6.42 Å². The third-order valence-electron chi connectivity index (χ3n) is 6.21. The van der Waals surface area contributed by atoms with Crippen molar-refractivity contribution in [2.24, 2.45) is 5.92 Å². The fraction of sp³-hybridized carbons (Fsp3) is 0.357. The zero-order chi connectivity index (χ0) is 26.1. The van der Waals surface area contributed by atoms with Crippen LogP contribution in [-0.2, 0) is 9.59 Å². The molecular formula is C28H34N4O3S. The van der Waals surface area contributed by atoms with Gasteiger partial charge in [0, 0.05) is 41.3 Å². The molecule has 1 amide bonds. The van der Waals surface area contributed by atoms with E-state index in [4.69, 9.17) is 9.90 Å². The largest absolute Gasteiger partial charge is 0.483 e. The van der Waals surface area contributed by atoms with Crippen molar-refractivity contribution in [3.8, 4) is 10.6 Å². The number of pyridine rings is 1. The number of nitrogens with zero attached hydrogens (tertiary/aromatic N) is 3. The first-order valence-corrected chi connectivity index (χ1v) is 13.0. The van der Waals surface area contributed by atoms with Gasteiger partial charge in [-0.05, 0) is 75.6 Å². The van der Waals surface area contributed by atoms with E-state index >= 15 is 0 Å². The third kappa shape index (κ3) is 6.79. The smallest absolute Gasteiger partial charge is 0.290 e. The molecule has 1 aliphatic rings. The summed E-state index contributed by atoms with van der Waals surface area (Å²) in [5, 5.41) is 11.2. The van der Waals surface area contributed by atoms with E-state index in [2.05, 4.69) is 47.8 Å². The molecule has 4 rings (SSSR count). The summed E-state index contributed by atoms with van der Waals surface area (Å²) in [7, 11) is 0. The number of nitrogens with one attached hydrogen (secondary N) is 1. The topological polar surface area (TPSA) is 95.4 Å². The molecule has 3 aromatic rings. The van der Waals surface area contributed by atoms with Crippen molar-refractivity contribution in [1.29, 1.82) is 0 Å². The molecule has 0 saturated heterocycles. The molecule has 2 N–H and O–H groups in total. The van der Waals surface area contributed by atoms with Crippen LogP contribution in [0.5, 0.6) is 0 Å². The lowest BCUT2D eigenvalue weighted by molar-refractivity contribution is -0.135. The normalized spacial score (nSPS) is 14.2. The Bertz CT molecular complexity index is 1180. The minimum Gasteiger partial charge on any atom is -0.483 e. The number of allylic oxidation sites excluding steroid dienone is 1. The predicted molar refractivity (Wildman–Crippen MR) is 147 cm³/mol. The summed E-state index contributed by atoms with van der Waals surface area (Å²) >= 11 is 1.59. The summed E-state index contributed by atoms with van der Waals surface area (Å²) < 4.78 is 0. The fourth-order valence-electron chi connectivity index (χ4n) is 4.31. The van der Waals surface area contributed by atoms with Crippen molar-refractivity contribution in [3.63, 3.8) is 0 Å². The van der Waals surface area contributed by atoms with Crippen LogP contribution in [0.2, 0.25) is 0 Å². The summed E-state index contributed by atoms with van der Waals surface area (Å²) in [4.78, 5) is 33.5. The minimum atomic E-state index is -0.250. The zero-order valence-electron chi connectivity index (χ0n) is 21.1. The summed E-state index contributed by atoms with van der Waals surface area (Å²) in [6.07, 6.45) is 9.25. The maximum absolute atomic E-state index is 13.2. The Morgan fingerprint density at radius 1 is 1.19 bits per heavy atom. The number of fused-ring (bicyclic) bond motifs is 1. The number of aromatic nitrogens is 2. The van der Waals surface area contributed by atoms with Gasteiger partial charge in [-0.3, -0.25) is 9.59 Å². The van der Waals surface area contributed by atoms with E-state index in [1.54, 1.807) is 17.5 Å². The van der Waals surface area contributed by atoms with Crippen LogP contribution in [-0.4, -0.2) is 38.4 Å². The molecule has 1 saturated carbocycles. The fourth-order valence-corrected chi connectivity index (χ4v) is 5.23. The van der Waals surface area contributed by atoms with Crippen molar-refractivity contribution in [1.82, 2.24) is 14.9 Å². The number of hydrogen-bond acceptors (Lipinski definition) is 6. The van der Waals surface area contributed by atoms with Crippen LogP contribution in [0, 0.1) is 5.92 Å². The van der Waals surface area contributed by atoms with Gasteiger partial charge in [-0.15, -0.1) is 0 Å². The second kappa shape index (κ2) is 13.0. The summed E-state index contributed by atoms with van der Waals surface area (Å²) in [6.45, 7) is 10.1. The highest BCUT2D eigenvalue weighted by Gasteiger charge is 2.29. The van der Waals surface area contributed by atoms with Gasteiger partial charge >= 0.3 is 0 Å². The molecule has 0 aliphatic heterocycles. The number of carbonyl (C=O) groups excluding carboxylic acids is 1. The molecule has 1 fully saturated rings. The number of carboxylic acid groups (broad SMARTS) is 1. The van der Waals surface area contributed by atoms with Gasteiger partial charge in [-0.2, -0.15) is 0 Å². The average Bonchev–Trinajstić information content (AvgIpc) is 3.33. The van der Waals surface area contributed by atoms with Crippen LogP contribution in [0.1, 0.15) is 52.9 Å². The summed E-state index contributed by atoms with van der Waals surface area (Å²) in [5.74, 6) is 0.348. The molecule has 36 heavy (non-hydrogen) atoms. The number of carbonyl (C=O) groups is 2. The molecule has 0 spiro atoms. The van der Waals surface area contributed by atoms with Crippen molar-refractivity contribution in [2.75, 3.05) is 5.32 Å². The molecule has 0 radical (unpaired) electrons. The summed E-state index contributed by atoms with van der Waals surface area (Å²) in [6, 6.07) is 12.2. The van der Waals surface area contributed by atoms with Crippen LogP contribution in [0.3, 0.4) is 0 Å². The van der Waals surface area contributed by atoms with Crippen molar-refractivity contribution >= 4 is 39.8 Å². The quantitative estimate of drug-likeness (QED) is 0.273. The second-order valence-corrected chi connectivity index (χ2v) is 10.1. The van der Waals surface area contributed by atoms with Crippen LogP contribution < -0.4 is 5.32 Å². The zero-order valence-corrected chi connectivity index (χ0v) is 21.9. The number of benzene rings is 1. The highest BCUT2D eigenvalue weighted by atomic mass is 32.1. The molecule has 190 valence electrons. The van der Waals surface area contributed by atoms with Crippen molar-refractivity contribution in [3.05, 3.63) is 66.6 Å². The molecule has 1 aromatic carbocycles. The number of rotatable bonds is 7. The van der Waals surface area contributed by atoms with Crippen molar-refractivity contribution < 1.29 is 14.7 Å². The van der Waals surface area contributed by atoms with Crippen LogP contribution in [0.15, 0.2) is 66.6 Å². The standard InChI is InChI=1S/C27H32N4OS.CH2O2/c1-18(2)31(27(32)22-9-6-5-7-10-22)20(4)19(3)17-29-23-14-12-21(13-15-23)25-30-24-11-8-16-28-26(24)33-25;2-1-3/h8,11-18,22,29H,4-7,9-10H2,1-3H3;1H,(H,2,3)/b19-17-;. The van der Waals surface area contributed by atoms with E-state index in [9.17, 15) is 4.79 Å². The van der Waals surface area contributed by atoms with E-state index in [1.807, 2.05) is 42.3 Å². The van der Waals surface area contributed by atoms with Crippen LogP contribution in [0.4, 0.5) is 5.69 Å². The number of thiazole rings is 1. The lowest BCUT2D eigenvalue weighted by Gasteiger charge is -2.34. The predicted octanol–water partition coefficient (Wildman–Crippen LogP) is 6.71. The van der Waals surface area contributed by atoms with E-state index in [-0.39, 0.29) is 24.3 Å². The highest BCUT2D eigenvalue weighted by Crippen LogP contribution is 2.30. The summed E-state index contributed by atoms with van der Waals surface area (Å²) in [5.41, 5.74) is 4.69. The van der Waals surface area contributed by atoms with Gasteiger partial charge in [0.1, 0.15) is 15.4 Å². The number of hydrogen-bond donors (Lipinski definition) is 2. The van der Waals surface area contributed by atoms with Gasteiger partial charge in [-0.25, -0.2) is 9.97 Å². The Labute approximate surface area is 216 Å². The molecule has 0 atom stereocenters. The Balaban J connectivity index is 0.00000115. The van der Waals surface area contributed by atoms with Crippen LogP contribution in [0.25, 0.3) is 20.9 Å². The van der Waals surface area contributed by atoms with Crippen LogP contribution >= 0.6 is 11.3 Å². The average molecular weight is 507 g/mol. The molecule has 0 unspecified atom stereocenters. The number of amides is 1. The molecule has 8 heteroatoms. The van der Waals surface area contributed by atoms with Gasteiger partial charge in [-0.1, -0.05) is 37.2 Å². The van der Waals surface area contributed by atoms with E-state index in [0.717, 1.165) is 63.6 Å². The molecule has 0 bridgehead atoms. The van der Waals surface area contributed by atoms with Gasteiger partial charge in [0.05, 0.1) is 0 Å². The maximum atomic E-state index is 13.2. The molecule has 1 aliphatic carbocycles. The first-order chi connectivity index (χ1) is 17.3. The Kier molecular flexibility index (Phi) is 9.76. The Morgan fingerprint density at radius 2 is 1.86 bits per heavy atom. The monoisotopic (exact) mass is 506 g/mol. The first-order valence-electron chi connectivity index (χ1n) is 12.2. The Morgan fingerprint density at radius 3 is 2.47 bits per heavy atom. The Hall–Kier alpha value is -3.52. The number of anilines is 1. The third-order valence-corrected chi connectivity index (χ3v) is 7.24. The van der Waals surface area contributed by atoms with Crippen molar-refractivity contribution in [2.45, 2.75) is 58.9 Å². The lowest BCUT2D eigenvalue weighted by atomic mass is 9.87. The van der Waals surface area contributed by atoms with Gasteiger partial charge in [0.2, 0.25) is 5.91 Å². The van der Waals surface area contributed by atoms with Gasteiger partial charge in [0.15, 0.2) is 0 Å². The maximum Gasteiger partial charge on any atom is 0.290 e. The van der Waals surface area contributed by atoms with Gasteiger partial charge < -0.3 is 15.3 Å². The first kappa shape index (κ1) is 27.1. The van der Waals surface area contributed by atoms with E-state index < -0.39 is 0 Å². The lowest BCUT2D eigenvalue weighted by Crippen LogP contribution is -2.41. The highest BCUT2D eigenvalue weighted by molar-refractivity contribution is 7.21. The SMILES string of the molecule is C=C(/C(C)=C\Nc1ccc(-c2nc3cccnc3s2)cc1)N(C(=O)C1CCCCC1)C(C)C.O=CO. The molecule has 7 nitrogen and oxygen atoms in total. The second-order valence-electron chi connectivity index (χ2n) is 9.08. The molecular weight excluding hydrogens is 472 g/mol. The van der Waals surface area contributed by atoms with E-state index in [0.29, 0.717) is 0 Å². The minimum absolute atomic E-state index is 0.0814. The van der Waals surface area contributed by atoms with Gasteiger partial charge in [0.25, 0.3) is 6.47 Å². The molecule has 2 aromatic heterocycles. The molecule has 2 heterocycles.